The average Bonchev–Trinajstić information content (AvgIpc) is 3.48. The van der Waals surface area contributed by atoms with E-state index in [1.807, 2.05) is 0 Å². The number of carboxylic acid groups (broad SMARTS) is 1. The number of carbonyl (C=O) groups is 4. The number of thioether (sulfide) groups is 1. The highest BCUT2D eigenvalue weighted by Crippen LogP contribution is 2.29. The normalized spacial score (nSPS) is 20.2. The molecule has 0 bridgehead atoms. The van der Waals surface area contributed by atoms with Crippen LogP contribution in [0.15, 0.2) is 29.2 Å². The Morgan fingerprint density at radius 3 is 2.03 bits per heavy atom. The number of amides is 2. The molecule has 0 spiro atoms. The summed E-state index contributed by atoms with van der Waals surface area (Å²) in [7, 11) is 0. The van der Waals surface area contributed by atoms with Crippen molar-refractivity contribution in [3.63, 3.8) is 0 Å². The molecule has 8 heteroatoms. The van der Waals surface area contributed by atoms with E-state index in [0.29, 0.717) is 35.3 Å². The predicted molar refractivity (Wildman–Crippen MR) is 122 cm³/mol. The van der Waals surface area contributed by atoms with Crippen molar-refractivity contribution in [3.8, 4) is 5.75 Å². The monoisotopic (exact) mass is 459 g/mol. The van der Waals surface area contributed by atoms with Crippen LogP contribution in [-0.4, -0.2) is 28.2 Å². The maximum Gasteiger partial charge on any atom is 0.311 e. The Labute approximate surface area is 192 Å². The average molecular weight is 460 g/mol. The topological polar surface area (TPSA) is 110 Å². The summed E-state index contributed by atoms with van der Waals surface area (Å²) in [4.78, 5) is 45.0. The lowest BCUT2D eigenvalue weighted by atomic mass is 10.0. The van der Waals surface area contributed by atoms with Gasteiger partial charge < -0.3 is 9.84 Å². The zero-order chi connectivity index (χ0) is 22.9. The van der Waals surface area contributed by atoms with Crippen molar-refractivity contribution in [1.82, 2.24) is 5.32 Å². The third kappa shape index (κ3) is 7.82. The third-order valence-electron chi connectivity index (χ3n) is 5.92. The van der Waals surface area contributed by atoms with Crippen LogP contribution >= 0.6 is 11.8 Å². The molecule has 32 heavy (non-hydrogen) atoms. The van der Waals surface area contributed by atoms with E-state index in [9.17, 15) is 19.2 Å². The second kappa shape index (κ2) is 11.9. The van der Waals surface area contributed by atoms with E-state index in [4.69, 9.17) is 9.84 Å². The van der Waals surface area contributed by atoms with Gasteiger partial charge in [-0.05, 0) is 73.1 Å². The van der Waals surface area contributed by atoms with Gasteiger partial charge >= 0.3 is 11.9 Å². The summed E-state index contributed by atoms with van der Waals surface area (Å²) in [6, 6.07) is 6.89. The summed E-state index contributed by atoms with van der Waals surface area (Å²) in [6.07, 6.45) is 11.9. The molecule has 3 fully saturated rings. The number of rotatable bonds is 6. The van der Waals surface area contributed by atoms with Crippen LogP contribution in [0.25, 0.3) is 6.08 Å². The number of hydrogen-bond acceptors (Lipinski definition) is 6. The Kier molecular flexibility index (Phi) is 8.90. The summed E-state index contributed by atoms with van der Waals surface area (Å²) in [5.74, 6) is 0.229. The molecule has 0 aromatic heterocycles. The standard InChI is InChI=1S/C17H17NO4S.C7H12O2/c19-15(10-11-3-1-2-4-11)22-13-7-5-12(6-8-13)9-14-16(20)18-17(21)23-14;8-7(9)5-6-3-1-2-4-6/h5-9,11H,1-4,10H2,(H,18,20,21);6H,1-5H2,(H,8,9)/b14-9-;. The fraction of sp³-hybridized carbons (Fsp3) is 0.500. The number of carbonyl (C=O) groups excluding carboxylic acids is 3. The molecule has 1 aliphatic heterocycles. The molecule has 2 aliphatic carbocycles. The second-order valence-corrected chi connectivity index (χ2v) is 9.51. The largest absolute Gasteiger partial charge is 0.481 e. The number of aliphatic carboxylic acids is 1. The second-order valence-electron chi connectivity index (χ2n) is 8.50. The maximum absolute atomic E-state index is 11.9. The van der Waals surface area contributed by atoms with Crippen LogP contribution in [0.4, 0.5) is 4.79 Å². The Bertz CT molecular complexity index is 867. The Morgan fingerprint density at radius 1 is 0.969 bits per heavy atom. The van der Waals surface area contributed by atoms with Crippen LogP contribution in [0.5, 0.6) is 5.75 Å². The number of nitrogens with one attached hydrogen (secondary N) is 1. The van der Waals surface area contributed by atoms with Crippen molar-refractivity contribution < 1.29 is 29.0 Å². The molecule has 7 nitrogen and oxygen atoms in total. The van der Waals surface area contributed by atoms with Gasteiger partial charge in [0.1, 0.15) is 5.75 Å². The van der Waals surface area contributed by atoms with E-state index in [0.717, 1.165) is 43.0 Å². The van der Waals surface area contributed by atoms with Crippen molar-refractivity contribution in [1.29, 1.82) is 0 Å². The summed E-state index contributed by atoms with van der Waals surface area (Å²) >= 11 is 0.877. The van der Waals surface area contributed by atoms with Crippen molar-refractivity contribution in [2.24, 2.45) is 11.8 Å². The van der Waals surface area contributed by atoms with Crippen LogP contribution < -0.4 is 10.1 Å². The molecule has 2 N–H and O–H groups in total. The summed E-state index contributed by atoms with van der Waals surface area (Å²) in [6.45, 7) is 0. The molecule has 0 atom stereocenters. The van der Waals surface area contributed by atoms with Crippen LogP contribution in [0, 0.1) is 11.8 Å². The van der Waals surface area contributed by atoms with Gasteiger partial charge in [0.25, 0.3) is 11.1 Å². The fourth-order valence-corrected chi connectivity index (χ4v) is 4.97. The van der Waals surface area contributed by atoms with Gasteiger partial charge in [-0.1, -0.05) is 37.8 Å². The summed E-state index contributed by atoms with van der Waals surface area (Å²) in [5, 5.41) is 10.2. The first-order chi connectivity index (χ1) is 15.4. The maximum atomic E-state index is 11.9. The van der Waals surface area contributed by atoms with Crippen molar-refractivity contribution in [2.75, 3.05) is 0 Å². The van der Waals surface area contributed by atoms with Gasteiger partial charge in [0.15, 0.2) is 0 Å². The van der Waals surface area contributed by atoms with Gasteiger partial charge in [-0.15, -0.1) is 0 Å². The molecule has 2 amide bonds. The van der Waals surface area contributed by atoms with Gasteiger partial charge in [0, 0.05) is 12.8 Å². The van der Waals surface area contributed by atoms with Crippen LogP contribution in [-0.2, 0) is 14.4 Å². The van der Waals surface area contributed by atoms with Crippen molar-refractivity contribution in [2.45, 2.75) is 64.2 Å². The van der Waals surface area contributed by atoms with Gasteiger partial charge in [-0.3, -0.25) is 24.5 Å². The first-order valence-corrected chi connectivity index (χ1v) is 12.0. The van der Waals surface area contributed by atoms with Gasteiger partial charge in [-0.25, -0.2) is 0 Å². The number of ether oxygens (including phenoxy) is 1. The molecule has 1 heterocycles. The molecule has 172 valence electrons. The van der Waals surface area contributed by atoms with E-state index < -0.39 is 5.97 Å². The first-order valence-electron chi connectivity index (χ1n) is 11.2. The number of imide groups is 1. The lowest BCUT2D eigenvalue weighted by Gasteiger charge is -2.08. The Hall–Kier alpha value is -2.61. The van der Waals surface area contributed by atoms with Gasteiger partial charge in [0.2, 0.25) is 0 Å². The van der Waals surface area contributed by atoms with E-state index in [1.54, 1.807) is 30.3 Å². The number of esters is 1. The summed E-state index contributed by atoms with van der Waals surface area (Å²) in [5.41, 5.74) is 0.771. The molecule has 4 rings (SSSR count). The highest BCUT2D eigenvalue weighted by Gasteiger charge is 2.25. The van der Waals surface area contributed by atoms with E-state index >= 15 is 0 Å². The minimum atomic E-state index is -0.637. The quantitative estimate of drug-likeness (QED) is 0.344. The van der Waals surface area contributed by atoms with E-state index in [2.05, 4.69) is 5.32 Å². The van der Waals surface area contributed by atoms with Crippen LogP contribution in [0.1, 0.15) is 69.8 Å². The molecular weight excluding hydrogens is 430 g/mol. The third-order valence-corrected chi connectivity index (χ3v) is 6.73. The Morgan fingerprint density at radius 2 is 1.53 bits per heavy atom. The fourth-order valence-electron chi connectivity index (χ4n) is 4.29. The lowest BCUT2D eigenvalue weighted by Crippen LogP contribution is -2.17. The summed E-state index contributed by atoms with van der Waals surface area (Å²) < 4.78 is 5.34. The van der Waals surface area contributed by atoms with Crippen molar-refractivity contribution >= 4 is 40.9 Å². The van der Waals surface area contributed by atoms with Crippen LogP contribution in [0.2, 0.25) is 0 Å². The predicted octanol–water partition coefficient (Wildman–Crippen LogP) is 5.15. The van der Waals surface area contributed by atoms with Gasteiger partial charge in [0.05, 0.1) is 4.91 Å². The molecule has 0 radical (unpaired) electrons. The molecule has 1 aromatic carbocycles. The number of carboxylic acids is 1. The highest BCUT2D eigenvalue weighted by atomic mass is 32.2. The molecule has 3 aliphatic rings. The SMILES string of the molecule is O=C(CC1CCCC1)Oc1ccc(/C=C2\SC(=O)NC2=O)cc1.O=C(O)CC1CCCC1. The smallest absolute Gasteiger partial charge is 0.311 e. The Balaban J connectivity index is 0.000000269. The molecule has 1 aromatic rings. The zero-order valence-corrected chi connectivity index (χ0v) is 18.8. The minimum absolute atomic E-state index is 0.195. The molecular formula is C24H29NO6S. The molecule has 2 saturated carbocycles. The highest BCUT2D eigenvalue weighted by molar-refractivity contribution is 8.18. The molecule has 1 saturated heterocycles. The van der Waals surface area contributed by atoms with E-state index in [-0.39, 0.29) is 17.1 Å². The number of benzene rings is 1. The number of hydrogen-bond donors (Lipinski definition) is 2. The van der Waals surface area contributed by atoms with Crippen molar-refractivity contribution in [3.05, 3.63) is 34.7 Å². The first kappa shape index (κ1) is 24.0. The molecule has 0 unspecified atom stereocenters. The van der Waals surface area contributed by atoms with Crippen LogP contribution in [0.3, 0.4) is 0 Å². The zero-order valence-electron chi connectivity index (χ0n) is 18.0. The lowest BCUT2D eigenvalue weighted by molar-refractivity contribution is -0.138. The van der Waals surface area contributed by atoms with E-state index in [1.165, 1.54) is 25.7 Å². The van der Waals surface area contributed by atoms with Gasteiger partial charge in [-0.2, -0.15) is 0 Å². The minimum Gasteiger partial charge on any atom is -0.481 e.